The van der Waals surface area contributed by atoms with Gasteiger partial charge in [-0.15, -0.1) is 5.10 Å². The lowest BCUT2D eigenvalue weighted by molar-refractivity contribution is -0.141. The third-order valence-corrected chi connectivity index (χ3v) is 5.27. The van der Waals surface area contributed by atoms with Crippen molar-refractivity contribution in [3.63, 3.8) is 0 Å². The van der Waals surface area contributed by atoms with Crippen LogP contribution in [0.25, 0.3) is 5.13 Å². The summed E-state index contributed by atoms with van der Waals surface area (Å²) in [5.41, 5.74) is -1.58. The van der Waals surface area contributed by atoms with E-state index in [0.717, 1.165) is 17.4 Å². The summed E-state index contributed by atoms with van der Waals surface area (Å²) in [4.78, 5) is 38.2. The molecule has 9 nitrogen and oxygen atoms in total. The fraction of sp³-hybridized carbons (Fsp3) is 0.333. The van der Waals surface area contributed by atoms with Crippen LogP contribution in [0.2, 0.25) is 5.15 Å². The highest BCUT2D eigenvalue weighted by molar-refractivity contribution is 7.16. The van der Waals surface area contributed by atoms with E-state index in [1.54, 1.807) is 27.9 Å². The Morgan fingerprint density at radius 3 is 2.56 bits per heavy atom. The van der Waals surface area contributed by atoms with E-state index >= 15 is 0 Å². The first-order valence-electron chi connectivity index (χ1n) is 9.04. The number of thiazole rings is 1. The largest absolute Gasteiger partial charge is 0.433 e. The average molecular weight is 488 g/mol. The van der Waals surface area contributed by atoms with E-state index in [4.69, 9.17) is 11.6 Å². The predicted octanol–water partition coefficient (Wildman–Crippen LogP) is 3.29. The topological polar surface area (TPSA) is 106 Å². The maximum absolute atomic E-state index is 13.0. The number of carbonyl (C=O) groups excluding carboxylic acids is 2. The molecule has 0 saturated heterocycles. The van der Waals surface area contributed by atoms with Crippen molar-refractivity contribution in [2.75, 3.05) is 14.1 Å². The number of hydrogen-bond acceptors (Lipinski definition) is 7. The van der Waals surface area contributed by atoms with Gasteiger partial charge >= 0.3 is 6.18 Å². The number of alkyl halides is 3. The molecular weight excluding hydrogens is 471 g/mol. The lowest BCUT2D eigenvalue weighted by Crippen LogP contribution is -2.29. The van der Waals surface area contributed by atoms with Gasteiger partial charge in [0.25, 0.3) is 11.8 Å². The SMILES string of the molecule is Cc1nc([C@H](C)NC(=O)c2cc(Cl)nc(C(F)(F)F)c2)n(-c2ncc(C(=O)N(C)C)s2)n1. The van der Waals surface area contributed by atoms with Gasteiger partial charge in [0.1, 0.15) is 21.5 Å². The quantitative estimate of drug-likeness (QED) is 0.553. The van der Waals surface area contributed by atoms with Crippen LogP contribution in [-0.4, -0.2) is 55.5 Å². The van der Waals surface area contributed by atoms with Crippen molar-refractivity contribution >= 4 is 34.8 Å². The van der Waals surface area contributed by atoms with Gasteiger partial charge in [0, 0.05) is 19.7 Å². The van der Waals surface area contributed by atoms with E-state index in [-0.39, 0.29) is 17.3 Å². The highest BCUT2D eigenvalue weighted by Crippen LogP contribution is 2.29. The summed E-state index contributed by atoms with van der Waals surface area (Å²) >= 11 is 6.74. The molecule has 3 aromatic heterocycles. The highest BCUT2D eigenvalue weighted by Gasteiger charge is 2.34. The Bertz CT molecular complexity index is 1180. The summed E-state index contributed by atoms with van der Waals surface area (Å²) in [6.45, 7) is 3.22. The normalized spacial score (nSPS) is 12.5. The molecule has 3 rings (SSSR count). The fourth-order valence-electron chi connectivity index (χ4n) is 2.65. The molecule has 2 amide bonds. The zero-order valence-electron chi connectivity index (χ0n) is 17.2. The van der Waals surface area contributed by atoms with Crippen molar-refractivity contribution in [3.8, 4) is 5.13 Å². The Labute approximate surface area is 189 Å². The number of amides is 2. The molecule has 0 fully saturated rings. The maximum Gasteiger partial charge on any atom is 0.433 e. The molecule has 0 spiro atoms. The molecule has 0 aliphatic rings. The molecule has 0 unspecified atom stereocenters. The van der Waals surface area contributed by atoms with Gasteiger partial charge in [-0.2, -0.15) is 17.9 Å². The molecule has 0 aliphatic heterocycles. The number of aryl methyl sites for hydroxylation is 1. The summed E-state index contributed by atoms with van der Waals surface area (Å²) in [5, 5.41) is 6.72. The van der Waals surface area contributed by atoms with Gasteiger partial charge in [-0.1, -0.05) is 22.9 Å². The number of aromatic nitrogens is 5. The monoisotopic (exact) mass is 487 g/mol. The number of nitrogens with zero attached hydrogens (tertiary/aromatic N) is 6. The van der Waals surface area contributed by atoms with Crippen LogP contribution in [0, 0.1) is 6.92 Å². The fourth-order valence-corrected chi connectivity index (χ4v) is 3.76. The molecular formula is C18H17ClF3N7O2S. The Morgan fingerprint density at radius 1 is 1.25 bits per heavy atom. The van der Waals surface area contributed by atoms with Crippen LogP contribution >= 0.6 is 22.9 Å². The highest BCUT2D eigenvalue weighted by atomic mass is 35.5. The minimum Gasteiger partial charge on any atom is -0.344 e. The van der Waals surface area contributed by atoms with Crippen LogP contribution in [-0.2, 0) is 6.18 Å². The van der Waals surface area contributed by atoms with Crippen LogP contribution in [0.1, 0.15) is 50.3 Å². The van der Waals surface area contributed by atoms with Gasteiger partial charge in [-0.3, -0.25) is 9.59 Å². The lowest BCUT2D eigenvalue weighted by Gasteiger charge is -2.14. The molecule has 1 atom stereocenters. The maximum atomic E-state index is 13.0. The molecule has 170 valence electrons. The second kappa shape index (κ2) is 8.82. The van der Waals surface area contributed by atoms with Crippen molar-refractivity contribution in [1.29, 1.82) is 0 Å². The number of halogens is 4. The number of pyridine rings is 1. The Kier molecular flexibility index (Phi) is 6.51. The molecule has 0 aromatic carbocycles. The van der Waals surface area contributed by atoms with E-state index < -0.39 is 29.0 Å². The Balaban J connectivity index is 1.87. The average Bonchev–Trinajstić information content (AvgIpc) is 3.32. The van der Waals surface area contributed by atoms with Crippen molar-refractivity contribution < 1.29 is 22.8 Å². The van der Waals surface area contributed by atoms with Crippen LogP contribution in [0.4, 0.5) is 13.2 Å². The number of rotatable bonds is 5. The first kappa shape index (κ1) is 23.6. The van der Waals surface area contributed by atoms with Gasteiger partial charge in [0.2, 0.25) is 5.13 Å². The summed E-state index contributed by atoms with van der Waals surface area (Å²) in [5.74, 6) is -0.376. The molecule has 3 aromatic rings. The molecule has 0 bridgehead atoms. The third kappa shape index (κ3) is 5.05. The lowest BCUT2D eigenvalue weighted by atomic mass is 10.2. The van der Waals surface area contributed by atoms with E-state index in [0.29, 0.717) is 21.9 Å². The van der Waals surface area contributed by atoms with E-state index in [9.17, 15) is 22.8 Å². The number of hydrogen-bond donors (Lipinski definition) is 1. The number of nitrogens with one attached hydrogen (secondary N) is 1. The van der Waals surface area contributed by atoms with Crippen LogP contribution in [0.5, 0.6) is 0 Å². The van der Waals surface area contributed by atoms with Crippen molar-refractivity contribution in [2.45, 2.75) is 26.1 Å². The van der Waals surface area contributed by atoms with E-state index in [1.807, 2.05) is 0 Å². The van der Waals surface area contributed by atoms with Crippen molar-refractivity contribution in [1.82, 2.24) is 34.9 Å². The van der Waals surface area contributed by atoms with Crippen molar-refractivity contribution in [2.24, 2.45) is 0 Å². The number of carbonyl (C=O) groups is 2. The second-order valence-electron chi connectivity index (χ2n) is 6.89. The van der Waals surface area contributed by atoms with Gasteiger partial charge in [-0.05, 0) is 26.0 Å². The first-order valence-corrected chi connectivity index (χ1v) is 10.2. The molecule has 32 heavy (non-hydrogen) atoms. The van der Waals surface area contributed by atoms with Crippen LogP contribution < -0.4 is 5.32 Å². The molecule has 0 aliphatic carbocycles. The summed E-state index contributed by atoms with van der Waals surface area (Å²) < 4.78 is 40.3. The molecule has 14 heteroatoms. The molecule has 0 radical (unpaired) electrons. The van der Waals surface area contributed by atoms with Gasteiger partial charge < -0.3 is 10.2 Å². The molecule has 1 N–H and O–H groups in total. The van der Waals surface area contributed by atoms with Gasteiger partial charge in [0.15, 0.2) is 5.82 Å². The first-order chi connectivity index (χ1) is 14.9. The van der Waals surface area contributed by atoms with Crippen molar-refractivity contribution in [3.05, 3.63) is 51.3 Å². The minimum atomic E-state index is -4.75. The third-order valence-electron chi connectivity index (χ3n) is 4.11. The Morgan fingerprint density at radius 2 is 1.94 bits per heavy atom. The van der Waals surface area contributed by atoms with E-state index in [1.165, 1.54) is 15.8 Å². The van der Waals surface area contributed by atoms with Gasteiger partial charge in [-0.25, -0.2) is 15.0 Å². The summed E-state index contributed by atoms with van der Waals surface area (Å²) in [6.07, 6.45) is -3.35. The minimum absolute atomic E-state index is 0.233. The summed E-state index contributed by atoms with van der Waals surface area (Å²) in [7, 11) is 3.22. The van der Waals surface area contributed by atoms with Crippen LogP contribution in [0.15, 0.2) is 18.3 Å². The summed E-state index contributed by atoms with van der Waals surface area (Å²) in [6, 6.07) is 0.889. The second-order valence-corrected chi connectivity index (χ2v) is 8.29. The zero-order chi connectivity index (χ0) is 23.8. The van der Waals surface area contributed by atoms with Gasteiger partial charge in [0.05, 0.1) is 12.2 Å². The molecule has 0 saturated carbocycles. The predicted molar refractivity (Wildman–Crippen MR) is 110 cm³/mol. The smallest absolute Gasteiger partial charge is 0.344 e. The standard InChI is InChI=1S/C18H17ClF3N7O2S/c1-8(24-15(30)10-5-12(18(20,21)22)26-13(19)6-10)14-25-9(2)27-29(14)17-23-7-11(32-17)16(31)28(3)4/h5-8H,1-4H3,(H,24,30)/t8-/m0/s1. The van der Waals surface area contributed by atoms with E-state index in [2.05, 4.69) is 25.4 Å². The van der Waals surface area contributed by atoms with Crippen LogP contribution in [0.3, 0.4) is 0 Å². The molecule has 3 heterocycles. The zero-order valence-corrected chi connectivity index (χ0v) is 18.8. The Hall–Kier alpha value is -3.06.